The zero-order valence-corrected chi connectivity index (χ0v) is 12.0. The van der Waals surface area contributed by atoms with E-state index < -0.39 is 11.7 Å². The Morgan fingerprint density at radius 1 is 1.09 bits per heavy atom. The quantitative estimate of drug-likeness (QED) is 0.495. The molecule has 0 aliphatic carbocycles. The second-order valence-corrected chi connectivity index (χ2v) is 4.83. The fourth-order valence-electron chi connectivity index (χ4n) is 2.26. The van der Waals surface area contributed by atoms with Crippen LogP contribution in [0.2, 0.25) is 0 Å². The van der Waals surface area contributed by atoms with Crippen LogP contribution in [0, 0.1) is 0 Å². The van der Waals surface area contributed by atoms with Gasteiger partial charge in [0.15, 0.2) is 0 Å². The van der Waals surface area contributed by atoms with Crippen molar-refractivity contribution in [1.82, 2.24) is 15.0 Å². The third kappa shape index (κ3) is 2.80. The summed E-state index contributed by atoms with van der Waals surface area (Å²) < 4.78 is 0. The summed E-state index contributed by atoms with van der Waals surface area (Å²) in [5, 5.41) is 0. The van der Waals surface area contributed by atoms with Gasteiger partial charge in [0.1, 0.15) is 0 Å². The topological polar surface area (TPSA) is 128 Å². The van der Waals surface area contributed by atoms with Crippen molar-refractivity contribution in [2.45, 2.75) is 0 Å². The maximum Gasteiger partial charge on any atom is 0.289 e. The van der Waals surface area contributed by atoms with E-state index in [1.54, 1.807) is 6.07 Å². The van der Waals surface area contributed by atoms with Gasteiger partial charge in [0.25, 0.3) is 11.7 Å². The Kier molecular flexibility index (Phi) is 3.60. The minimum absolute atomic E-state index is 0.112. The van der Waals surface area contributed by atoms with E-state index in [1.165, 1.54) is 12.3 Å². The molecule has 1 amide bonds. The molecule has 0 saturated carbocycles. The van der Waals surface area contributed by atoms with Crippen LogP contribution in [0.15, 0.2) is 48.7 Å². The third-order valence-corrected chi connectivity index (χ3v) is 3.30. The van der Waals surface area contributed by atoms with Crippen LogP contribution in [-0.2, 0) is 4.79 Å². The number of amides is 1. The van der Waals surface area contributed by atoms with Gasteiger partial charge in [-0.2, -0.15) is 0 Å². The first-order valence-corrected chi connectivity index (χ1v) is 6.77. The first-order valence-electron chi connectivity index (χ1n) is 6.77. The number of nitrogen functional groups attached to an aromatic ring is 1. The average Bonchev–Trinajstić information content (AvgIpc) is 3.00. The number of Topliss-reactive ketones (excluding diaryl/α,β-unsaturated/α-hetero) is 1. The van der Waals surface area contributed by atoms with Crippen molar-refractivity contribution in [3.8, 4) is 22.6 Å². The lowest BCUT2D eigenvalue weighted by atomic mass is 10.0. The molecule has 2 heterocycles. The molecule has 0 atom stereocenters. The van der Waals surface area contributed by atoms with Crippen LogP contribution in [0.4, 0.5) is 5.95 Å². The summed E-state index contributed by atoms with van der Waals surface area (Å²) >= 11 is 0. The summed E-state index contributed by atoms with van der Waals surface area (Å²) in [4.78, 5) is 34.4. The normalized spacial score (nSPS) is 10.4. The molecule has 0 aliphatic rings. The number of nitrogens with zero attached hydrogens (tertiary/aromatic N) is 2. The van der Waals surface area contributed by atoms with Gasteiger partial charge in [-0.25, -0.2) is 9.97 Å². The number of nitrogens with one attached hydrogen (secondary N) is 1. The van der Waals surface area contributed by atoms with E-state index >= 15 is 0 Å². The molecule has 3 rings (SSSR count). The zero-order valence-electron chi connectivity index (χ0n) is 12.0. The van der Waals surface area contributed by atoms with Gasteiger partial charge in [0.05, 0.1) is 22.6 Å². The number of carbonyl (C=O) groups excluding carboxylic acids is 2. The maximum atomic E-state index is 12.1. The third-order valence-electron chi connectivity index (χ3n) is 3.30. The Labute approximate surface area is 131 Å². The van der Waals surface area contributed by atoms with Crippen molar-refractivity contribution in [3.63, 3.8) is 0 Å². The molecular formula is C16H13N5O2. The van der Waals surface area contributed by atoms with Crippen molar-refractivity contribution in [3.05, 3.63) is 54.2 Å². The number of hydrogen-bond acceptors (Lipinski definition) is 5. The molecule has 3 aromatic rings. The van der Waals surface area contributed by atoms with E-state index in [9.17, 15) is 9.59 Å². The van der Waals surface area contributed by atoms with Gasteiger partial charge in [-0.15, -0.1) is 0 Å². The molecule has 1 aromatic carbocycles. The lowest BCUT2D eigenvalue weighted by molar-refractivity contribution is -0.114. The summed E-state index contributed by atoms with van der Waals surface area (Å²) in [6, 6.07) is 12.3. The number of primary amides is 1. The predicted molar refractivity (Wildman–Crippen MR) is 85.2 cm³/mol. The summed E-state index contributed by atoms with van der Waals surface area (Å²) in [6.45, 7) is 0. The summed E-state index contributed by atoms with van der Waals surface area (Å²) in [7, 11) is 0. The number of anilines is 1. The van der Waals surface area contributed by atoms with Crippen molar-refractivity contribution < 1.29 is 9.59 Å². The largest absolute Gasteiger partial charge is 0.368 e. The van der Waals surface area contributed by atoms with Crippen LogP contribution >= 0.6 is 0 Å². The number of hydrogen-bond donors (Lipinski definition) is 3. The first-order chi connectivity index (χ1) is 11.1. The minimum Gasteiger partial charge on any atom is -0.368 e. The van der Waals surface area contributed by atoms with E-state index in [2.05, 4.69) is 15.0 Å². The molecule has 0 unspecified atom stereocenters. The van der Waals surface area contributed by atoms with Crippen LogP contribution in [0.3, 0.4) is 0 Å². The van der Waals surface area contributed by atoms with E-state index in [4.69, 9.17) is 11.5 Å². The molecule has 114 valence electrons. The van der Waals surface area contributed by atoms with Crippen molar-refractivity contribution in [2.75, 3.05) is 5.73 Å². The highest BCUT2D eigenvalue weighted by atomic mass is 16.2. The van der Waals surface area contributed by atoms with Crippen molar-refractivity contribution in [2.24, 2.45) is 5.73 Å². The number of benzene rings is 1. The molecule has 0 fully saturated rings. The monoisotopic (exact) mass is 307 g/mol. The Morgan fingerprint density at radius 3 is 2.48 bits per heavy atom. The Bertz CT molecular complexity index is 886. The van der Waals surface area contributed by atoms with Gasteiger partial charge in [0.2, 0.25) is 5.95 Å². The zero-order chi connectivity index (χ0) is 16.4. The van der Waals surface area contributed by atoms with Crippen LogP contribution in [0.5, 0.6) is 0 Å². The second-order valence-electron chi connectivity index (χ2n) is 4.83. The van der Waals surface area contributed by atoms with E-state index in [1.807, 2.05) is 30.3 Å². The highest BCUT2D eigenvalue weighted by molar-refractivity contribution is 6.43. The molecule has 7 nitrogen and oxygen atoms in total. The number of aromatic nitrogens is 3. The molecular weight excluding hydrogens is 294 g/mol. The van der Waals surface area contributed by atoms with Crippen LogP contribution in [0.25, 0.3) is 22.6 Å². The molecule has 0 radical (unpaired) electrons. The number of ketones is 1. The highest BCUT2D eigenvalue weighted by Gasteiger charge is 2.21. The fourth-order valence-corrected chi connectivity index (χ4v) is 2.26. The number of rotatable bonds is 4. The molecule has 0 saturated heterocycles. The fraction of sp³-hybridized carbons (Fsp3) is 0. The maximum absolute atomic E-state index is 12.1. The van der Waals surface area contributed by atoms with Gasteiger partial charge in [-0.3, -0.25) is 9.59 Å². The standard InChI is InChI=1S/C16H13N5O2/c17-15(23)14(22)10-8-12(11-6-7-19-16(18)21-11)20-13(10)9-4-2-1-3-5-9/h1-8,20H,(H2,17,23)(H2,18,19,21). The molecule has 0 bridgehead atoms. The lowest BCUT2D eigenvalue weighted by Gasteiger charge is -2.01. The molecule has 0 aliphatic heterocycles. The molecule has 5 N–H and O–H groups in total. The summed E-state index contributed by atoms with van der Waals surface area (Å²) in [5.74, 6) is -1.68. The second kappa shape index (κ2) is 5.72. The summed E-state index contributed by atoms with van der Waals surface area (Å²) in [5.41, 5.74) is 13.2. The number of aromatic amines is 1. The van der Waals surface area contributed by atoms with Crippen LogP contribution in [0.1, 0.15) is 10.4 Å². The van der Waals surface area contributed by atoms with Gasteiger partial charge in [-0.05, 0) is 17.7 Å². The molecule has 7 heteroatoms. The van der Waals surface area contributed by atoms with Crippen molar-refractivity contribution in [1.29, 1.82) is 0 Å². The first kappa shape index (κ1) is 14.5. The summed E-state index contributed by atoms with van der Waals surface area (Å²) in [6.07, 6.45) is 1.51. The predicted octanol–water partition coefficient (Wildman–Crippen LogP) is 1.39. The highest BCUT2D eigenvalue weighted by Crippen LogP contribution is 2.28. The van der Waals surface area contributed by atoms with Gasteiger partial charge in [0, 0.05) is 6.20 Å². The smallest absolute Gasteiger partial charge is 0.289 e. The van der Waals surface area contributed by atoms with E-state index in [0.717, 1.165) is 5.56 Å². The lowest BCUT2D eigenvalue weighted by Crippen LogP contribution is -2.23. The number of H-pyrrole nitrogens is 1. The van der Waals surface area contributed by atoms with Gasteiger partial charge < -0.3 is 16.5 Å². The minimum atomic E-state index is -1.02. The molecule has 0 spiro atoms. The van der Waals surface area contributed by atoms with Crippen LogP contribution < -0.4 is 11.5 Å². The molecule has 2 aromatic heterocycles. The van der Waals surface area contributed by atoms with Crippen LogP contribution in [-0.4, -0.2) is 26.6 Å². The Hall–Kier alpha value is -3.48. The molecule has 23 heavy (non-hydrogen) atoms. The SMILES string of the molecule is NC(=O)C(=O)c1cc(-c2ccnc(N)n2)[nH]c1-c1ccccc1. The average molecular weight is 307 g/mol. The van der Waals surface area contributed by atoms with Gasteiger partial charge in [-0.1, -0.05) is 30.3 Å². The number of carbonyl (C=O) groups is 2. The van der Waals surface area contributed by atoms with Crippen molar-refractivity contribution >= 4 is 17.6 Å². The van der Waals surface area contributed by atoms with E-state index in [-0.39, 0.29) is 11.5 Å². The Morgan fingerprint density at radius 2 is 1.83 bits per heavy atom. The number of nitrogens with two attached hydrogens (primary N) is 2. The van der Waals surface area contributed by atoms with Gasteiger partial charge >= 0.3 is 0 Å². The Balaban J connectivity index is 2.18. The van der Waals surface area contributed by atoms with E-state index in [0.29, 0.717) is 17.1 Å².